The van der Waals surface area contributed by atoms with E-state index in [1.54, 1.807) is 6.07 Å². The van der Waals surface area contributed by atoms with Crippen molar-refractivity contribution in [2.45, 2.75) is 32.6 Å². The van der Waals surface area contributed by atoms with Gasteiger partial charge in [-0.05, 0) is 18.2 Å². The fraction of sp³-hybridized carbons (Fsp3) is 0.353. The molecular formula is C17H19F2N3O. The van der Waals surface area contributed by atoms with Crippen LogP contribution in [0.2, 0.25) is 0 Å². The summed E-state index contributed by atoms with van der Waals surface area (Å²) in [6.45, 7) is 5.89. The van der Waals surface area contributed by atoms with Crippen LogP contribution in [0.3, 0.4) is 0 Å². The summed E-state index contributed by atoms with van der Waals surface area (Å²) in [4.78, 5) is 20.2. The Hall–Kier alpha value is -2.37. The van der Waals surface area contributed by atoms with Gasteiger partial charge < -0.3 is 5.32 Å². The molecule has 1 N–H and O–H groups in total. The number of nitrogens with zero attached hydrogens (tertiary/aromatic N) is 2. The van der Waals surface area contributed by atoms with Crippen molar-refractivity contribution in [2.75, 3.05) is 7.05 Å². The maximum atomic E-state index is 14.0. The van der Waals surface area contributed by atoms with Gasteiger partial charge in [0.1, 0.15) is 17.5 Å². The van der Waals surface area contributed by atoms with E-state index in [9.17, 15) is 13.6 Å². The molecule has 4 nitrogen and oxygen atoms in total. The first kappa shape index (κ1) is 17.0. The average molecular weight is 319 g/mol. The van der Waals surface area contributed by atoms with Crippen molar-refractivity contribution in [1.82, 2.24) is 15.3 Å². The minimum Gasteiger partial charge on any atom is -0.359 e. The molecule has 0 bridgehead atoms. The lowest BCUT2D eigenvalue weighted by Crippen LogP contribution is -2.23. The van der Waals surface area contributed by atoms with E-state index in [-0.39, 0.29) is 23.3 Å². The summed E-state index contributed by atoms with van der Waals surface area (Å²) in [5.41, 5.74) is 0.898. The standard InChI is InChI=1S/C17H19F2N3O/c1-17(2,3)14-8-13(11-6-5-10(18)7-12(11)19)21-15(22-14)9-16(23)20-4/h5-8H,9H2,1-4H3,(H,20,23). The second-order valence-electron chi connectivity index (χ2n) is 6.28. The molecule has 0 fully saturated rings. The van der Waals surface area contributed by atoms with Gasteiger partial charge in [0.05, 0.1) is 17.8 Å². The lowest BCUT2D eigenvalue weighted by molar-refractivity contribution is -0.120. The van der Waals surface area contributed by atoms with E-state index in [4.69, 9.17) is 0 Å². The van der Waals surface area contributed by atoms with Crippen LogP contribution in [0, 0.1) is 11.6 Å². The number of likely N-dealkylation sites (N-methyl/N-ethyl adjacent to an activating group) is 1. The van der Waals surface area contributed by atoms with Crippen LogP contribution in [0.1, 0.15) is 32.3 Å². The quantitative estimate of drug-likeness (QED) is 0.946. The van der Waals surface area contributed by atoms with Crippen LogP contribution in [0.25, 0.3) is 11.3 Å². The summed E-state index contributed by atoms with van der Waals surface area (Å²) in [6, 6.07) is 5.00. The van der Waals surface area contributed by atoms with Gasteiger partial charge in [-0.3, -0.25) is 4.79 Å². The summed E-state index contributed by atoms with van der Waals surface area (Å²) >= 11 is 0. The molecule has 0 saturated carbocycles. The number of hydrogen-bond acceptors (Lipinski definition) is 3. The van der Waals surface area contributed by atoms with Crippen LogP contribution in [0.15, 0.2) is 24.3 Å². The first-order valence-corrected chi connectivity index (χ1v) is 7.25. The highest BCUT2D eigenvalue weighted by molar-refractivity contribution is 5.77. The Morgan fingerprint density at radius 3 is 2.43 bits per heavy atom. The topological polar surface area (TPSA) is 54.9 Å². The number of carbonyl (C=O) groups excluding carboxylic acids is 1. The number of amides is 1. The molecule has 0 atom stereocenters. The number of carbonyl (C=O) groups is 1. The zero-order valence-corrected chi connectivity index (χ0v) is 13.6. The van der Waals surface area contributed by atoms with E-state index in [0.717, 1.165) is 6.07 Å². The van der Waals surface area contributed by atoms with Crippen LogP contribution in [0.4, 0.5) is 8.78 Å². The van der Waals surface area contributed by atoms with E-state index >= 15 is 0 Å². The minimum absolute atomic E-state index is 0.00374. The fourth-order valence-corrected chi connectivity index (χ4v) is 2.03. The van der Waals surface area contributed by atoms with Crippen molar-refractivity contribution >= 4 is 5.91 Å². The SMILES string of the molecule is CNC(=O)Cc1nc(-c2ccc(F)cc2F)cc(C(C)(C)C)n1. The van der Waals surface area contributed by atoms with Crippen LogP contribution < -0.4 is 5.32 Å². The molecule has 6 heteroatoms. The molecule has 1 aromatic heterocycles. The van der Waals surface area contributed by atoms with E-state index in [1.165, 1.54) is 19.2 Å². The molecule has 0 aliphatic rings. The van der Waals surface area contributed by atoms with Crippen molar-refractivity contribution in [3.05, 3.63) is 47.4 Å². The predicted octanol–water partition coefficient (Wildman–Crippen LogP) is 3.01. The molecule has 2 rings (SSSR count). The third kappa shape index (κ3) is 4.09. The number of halogens is 2. The molecule has 1 amide bonds. The van der Waals surface area contributed by atoms with Gasteiger partial charge in [0.2, 0.25) is 5.91 Å². The van der Waals surface area contributed by atoms with Gasteiger partial charge in [-0.1, -0.05) is 20.8 Å². The Kier molecular flexibility index (Phi) is 4.73. The Balaban J connectivity index is 2.58. The highest BCUT2D eigenvalue weighted by atomic mass is 19.1. The minimum atomic E-state index is -0.700. The van der Waals surface area contributed by atoms with Crippen molar-refractivity contribution in [1.29, 1.82) is 0 Å². The molecule has 2 aromatic rings. The number of hydrogen-bond donors (Lipinski definition) is 1. The predicted molar refractivity (Wildman–Crippen MR) is 83.9 cm³/mol. The van der Waals surface area contributed by atoms with Crippen LogP contribution in [-0.4, -0.2) is 22.9 Å². The van der Waals surface area contributed by atoms with Crippen molar-refractivity contribution in [3.8, 4) is 11.3 Å². The lowest BCUT2D eigenvalue weighted by Gasteiger charge is -2.19. The molecule has 0 aliphatic heterocycles. The molecule has 0 aliphatic carbocycles. The second-order valence-corrected chi connectivity index (χ2v) is 6.28. The van der Waals surface area contributed by atoms with Gasteiger partial charge in [0, 0.05) is 24.1 Å². The highest BCUT2D eigenvalue weighted by Gasteiger charge is 2.20. The zero-order valence-electron chi connectivity index (χ0n) is 13.6. The third-order valence-electron chi connectivity index (χ3n) is 3.35. The van der Waals surface area contributed by atoms with Gasteiger partial charge >= 0.3 is 0 Å². The van der Waals surface area contributed by atoms with Crippen LogP contribution in [-0.2, 0) is 16.6 Å². The normalized spacial score (nSPS) is 11.4. The molecule has 0 saturated heterocycles. The largest absolute Gasteiger partial charge is 0.359 e. The summed E-state index contributed by atoms with van der Waals surface area (Å²) in [7, 11) is 1.52. The monoisotopic (exact) mass is 319 g/mol. The average Bonchev–Trinajstić information content (AvgIpc) is 2.45. The number of rotatable bonds is 3. The van der Waals surface area contributed by atoms with Crippen LogP contribution in [0.5, 0.6) is 0 Å². The molecule has 0 unspecified atom stereocenters. The van der Waals surface area contributed by atoms with Gasteiger partial charge in [-0.25, -0.2) is 18.7 Å². The highest BCUT2D eigenvalue weighted by Crippen LogP contribution is 2.27. The van der Waals surface area contributed by atoms with E-state index in [1.807, 2.05) is 20.8 Å². The van der Waals surface area contributed by atoms with Gasteiger partial charge in [-0.2, -0.15) is 0 Å². The maximum absolute atomic E-state index is 14.0. The maximum Gasteiger partial charge on any atom is 0.227 e. The molecular weight excluding hydrogens is 300 g/mol. The van der Waals surface area contributed by atoms with Crippen molar-refractivity contribution in [2.24, 2.45) is 0 Å². The molecule has 1 aromatic carbocycles. The molecule has 0 spiro atoms. The van der Waals surface area contributed by atoms with Gasteiger partial charge in [0.25, 0.3) is 0 Å². The van der Waals surface area contributed by atoms with E-state index in [2.05, 4.69) is 15.3 Å². The molecule has 122 valence electrons. The number of nitrogens with one attached hydrogen (secondary N) is 1. The van der Waals surface area contributed by atoms with Gasteiger partial charge in [0.15, 0.2) is 0 Å². The first-order valence-electron chi connectivity index (χ1n) is 7.25. The Morgan fingerprint density at radius 2 is 1.87 bits per heavy atom. The smallest absolute Gasteiger partial charge is 0.227 e. The Morgan fingerprint density at radius 1 is 1.17 bits per heavy atom. The summed E-state index contributed by atoms with van der Waals surface area (Å²) < 4.78 is 27.1. The van der Waals surface area contributed by atoms with E-state index < -0.39 is 11.6 Å². The number of benzene rings is 1. The summed E-state index contributed by atoms with van der Waals surface area (Å²) in [5, 5.41) is 2.51. The van der Waals surface area contributed by atoms with E-state index in [0.29, 0.717) is 17.2 Å². The van der Waals surface area contributed by atoms with Gasteiger partial charge in [-0.15, -0.1) is 0 Å². The summed E-state index contributed by atoms with van der Waals surface area (Å²) in [5.74, 6) is -1.28. The van der Waals surface area contributed by atoms with Crippen molar-refractivity contribution in [3.63, 3.8) is 0 Å². The number of aromatic nitrogens is 2. The lowest BCUT2D eigenvalue weighted by atomic mass is 9.91. The summed E-state index contributed by atoms with van der Waals surface area (Å²) in [6.07, 6.45) is -0.00374. The Bertz CT molecular complexity index is 739. The zero-order chi connectivity index (χ0) is 17.2. The van der Waals surface area contributed by atoms with Crippen molar-refractivity contribution < 1.29 is 13.6 Å². The Labute approximate surface area is 134 Å². The molecule has 0 radical (unpaired) electrons. The molecule has 1 heterocycles. The van der Waals surface area contributed by atoms with Crippen LogP contribution >= 0.6 is 0 Å². The fourth-order valence-electron chi connectivity index (χ4n) is 2.03. The third-order valence-corrected chi connectivity index (χ3v) is 3.35. The first-order chi connectivity index (χ1) is 10.7. The second kappa shape index (κ2) is 6.40. The molecule has 23 heavy (non-hydrogen) atoms.